The van der Waals surface area contributed by atoms with Crippen molar-refractivity contribution in [2.45, 2.75) is 108 Å². The standard InChI is InChI=1S/C41H52N10O11/c1-20(2)31(47-28(52)14-16-51-29(53)12-13-30(51)54)39(59)45-22(4)37(57)46-25-10-8-24(9-11-25)18-61-41(60)50-15-6-7-27(50)38(58)48-32-23(5)62-40(35(56)34(32)55)49-36-33-26(42-19-43-36)17-21(3)44-33/h8-13,17,19,22-23,27,29,31-32,34-35,40,44,53,55-56H,1,6-7,14-16,18H2,2-5H3,(H,45,59)(H,46,57)(H,47,52)(H,48,58)(H,42,43,49)/t22-,23-,27+,29?,31-,32-,34+,35-,40-/m0/s1. The molecule has 6 amide bonds. The number of nitrogens with one attached hydrogen (secondary N) is 6. The van der Waals surface area contributed by atoms with Crippen LogP contribution in [-0.4, -0.2) is 144 Å². The van der Waals surface area contributed by atoms with Crippen molar-refractivity contribution in [2.75, 3.05) is 23.7 Å². The van der Waals surface area contributed by atoms with Gasteiger partial charge in [0.1, 0.15) is 55.0 Å². The molecular weight excluding hydrogens is 809 g/mol. The largest absolute Gasteiger partial charge is 0.445 e. The molecule has 62 heavy (non-hydrogen) atoms. The Bertz CT molecular complexity index is 2210. The Morgan fingerprint density at radius 1 is 1.06 bits per heavy atom. The lowest BCUT2D eigenvalue weighted by atomic mass is 9.95. The third-order valence-corrected chi connectivity index (χ3v) is 10.8. The molecule has 2 aromatic heterocycles. The molecule has 3 aromatic rings. The van der Waals surface area contributed by atoms with Crippen LogP contribution in [0.25, 0.3) is 11.0 Å². The number of rotatable bonds is 15. The number of hydrogen-bond acceptors (Lipinski definition) is 14. The van der Waals surface area contributed by atoms with Crippen molar-refractivity contribution in [3.8, 4) is 0 Å². The molecule has 1 aromatic carbocycles. The molecule has 0 bridgehead atoms. The lowest BCUT2D eigenvalue weighted by Gasteiger charge is -2.42. The Labute approximate surface area is 356 Å². The third kappa shape index (κ3) is 10.5. The zero-order valence-corrected chi connectivity index (χ0v) is 34.7. The summed E-state index contributed by atoms with van der Waals surface area (Å²) in [4.78, 5) is 91.1. The van der Waals surface area contributed by atoms with Crippen LogP contribution in [0.15, 0.2) is 61.0 Å². The first-order chi connectivity index (χ1) is 29.5. The summed E-state index contributed by atoms with van der Waals surface area (Å²) in [6.07, 6.45) is -1.94. The molecule has 0 spiro atoms. The molecule has 2 fully saturated rings. The fourth-order valence-electron chi connectivity index (χ4n) is 7.35. The van der Waals surface area contributed by atoms with Gasteiger partial charge in [-0.05, 0) is 75.9 Å². The van der Waals surface area contributed by atoms with Crippen molar-refractivity contribution >= 4 is 58.2 Å². The monoisotopic (exact) mass is 860 g/mol. The van der Waals surface area contributed by atoms with Crippen molar-refractivity contribution in [2.24, 2.45) is 0 Å². The van der Waals surface area contributed by atoms with Crippen molar-refractivity contribution < 1.29 is 53.6 Å². The molecule has 3 aliphatic rings. The second-order valence-corrected chi connectivity index (χ2v) is 15.6. The number of hydrogen-bond donors (Lipinski definition) is 9. The second kappa shape index (κ2) is 19.5. The number of aliphatic hydroxyl groups is 3. The van der Waals surface area contributed by atoms with Crippen LogP contribution in [0.4, 0.5) is 16.3 Å². The summed E-state index contributed by atoms with van der Waals surface area (Å²) in [5.41, 5.74) is 3.40. The van der Waals surface area contributed by atoms with Crippen molar-refractivity contribution in [1.82, 2.24) is 40.7 Å². The molecule has 0 saturated carbocycles. The Kier molecular flexibility index (Phi) is 14.2. The predicted molar refractivity (Wildman–Crippen MR) is 221 cm³/mol. The number of aromatic amines is 1. The molecule has 21 nitrogen and oxygen atoms in total. The van der Waals surface area contributed by atoms with Crippen LogP contribution >= 0.6 is 0 Å². The van der Waals surface area contributed by atoms with E-state index in [1.807, 2.05) is 13.0 Å². The zero-order chi connectivity index (χ0) is 44.8. The Hall–Kier alpha value is -6.42. The van der Waals surface area contributed by atoms with Gasteiger partial charge in [0.05, 0.1) is 17.7 Å². The van der Waals surface area contributed by atoms with Crippen molar-refractivity contribution in [3.05, 3.63) is 72.2 Å². The van der Waals surface area contributed by atoms with Crippen LogP contribution in [-0.2, 0) is 40.1 Å². The quantitative estimate of drug-likeness (QED) is 0.0913. The average molecular weight is 861 g/mol. The van der Waals surface area contributed by atoms with Gasteiger partial charge >= 0.3 is 6.09 Å². The molecule has 332 valence electrons. The summed E-state index contributed by atoms with van der Waals surface area (Å²) in [6, 6.07) is 4.20. The van der Waals surface area contributed by atoms with E-state index in [0.717, 1.165) is 10.6 Å². The van der Waals surface area contributed by atoms with Gasteiger partial charge in [0.2, 0.25) is 29.5 Å². The van der Waals surface area contributed by atoms with Gasteiger partial charge in [-0.3, -0.25) is 28.9 Å². The Morgan fingerprint density at radius 3 is 2.50 bits per heavy atom. The van der Waals surface area contributed by atoms with Crippen LogP contribution < -0.4 is 26.6 Å². The first-order valence-corrected chi connectivity index (χ1v) is 20.1. The minimum absolute atomic E-state index is 0.0672. The van der Waals surface area contributed by atoms with E-state index in [1.54, 1.807) is 31.2 Å². The van der Waals surface area contributed by atoms with E-state index in [4.69, 9.17) is 9.47 Å². The molecule has 2 saturated heterocycles. The SMILES string of the molecule is C=C(C)[C@H](NC(=O)CCN1C(=O)C=CC1O)C(=O)N[C@@H](C)C(=O)Nc1ccc(COC(=O)N2CCC[C@@H]2C(=O)N[C@@H]2[C@@H](O)[C@H](O)[C@@H](Nc3ncnc4cc(C)[nH]c34)O[C@H]2C)cc1. The molecule has 0 radical (unpaired) electrons. The molecule has 0 aliphatic carbocycles. The number of aryl methyl sites for hydroxylation is 1. The van der Waals surface area contributed by atoms with Crippen LogP contribution in [0.2, 0.25) is 0 Å². The van der Waals surface area contributed by atoms with Gasteiger partial charge in [-0.1, -0.05) is 18.7 Å². The number of likely N-dealkylation sites (tertiary alicyclic amines) is 1. The first-order valence-electron chi connectivity index (χ1n) is 20.1. The van der Waals surface area contributed by atoms with Gasteiger partial charge in [0.25, 0.3) is 0 Å². The molecule has 1 unspecified atom stereocenters. The smallest absolute Gasteiger partial charge is 0.410 e. The summed E-state index contributed by atoms with van der Waals surface area (Å²) >= 11 is 0. The maximum absolute atomic E-state index is 13.5. The number of anilines is 2. The van der Waals surface area contributed by atoms with E-state index in [0.29, 0.717) is 46.5 Å². The van der Waals surface area contributed by atoms with E-state index in [1.165, 1.54) is 37.2 Å². The average Bonchev–Trinajstić information content (AvgIpc) is 3.97. The van der Waals surface area contributed by atoms with Crippen LogP contribution in [0.1, 0.15) is 51.3 Å². The number of fused-ring (bicyclic) bond motifs is 1. The number of aliphatic hydroxyl groups excluding tert-OH is 3. The van der Waals surface area contributed by atoms with Gasteiger partial charge in [-0.15, -0.1) is 0 Å². The summed E-state index contributed by atoms with van der Waals surface area (Å²) in [7, 11) is 0. The van der Waals surface area contributed by atoms with Gasteiger partial charge in [-0.2, -0.15) is 0 Å². The van der Waals surface area contributed by atoms with E-state index >= 15 is 0 Å². The van der Waals surface area contributed by atoms with Gasteiger partial charge in [-0.25, -0.2) is 14.8 Å². The minimum Gasteiger partial charge on any atom is -0.445 e. The molecular formula is C41H52N10O11. The highest BCUT2D eigenvalue weighted by Crippen LogP contribution is 2.27. The summed E-state index contributed by atoms with van der Waals surface area (Å²) in [6.45, 7) is 10.3. The van der Waals surface area contributed by atoms with Crippen LogP contribution in [0.5, 0.6) is 0 Å². The van der Waals surface area contributed by atoms with E-state index in [9.17, 15) is 44.1 Å². The normalized spacial score (nSPS) is 24.3. The number of H-pyrrole nitrogens is 1. The van der Waals surface area contributed by atoms with Gasteiger partial charge in [0, 0.05) is 37.0 Å². The van der Waals surface area contributed by atoms with Crippen LogP contribution in [0, 0.1) is 6.92 Å². The van der Waals surface area contributed by atoms with E-state index < -0.39 is 90.6 Å². The number of carbonyl (C=O) groups excluding carboxylic acids is 6. The molecule has 6 rings (SSSR count). The number of benzene rings is 1. The minimum atomic E-state index is -1.45. The Balaban J connectivity index is 0.940. The molecule has 3 aliphatic heterocycles. The lowest BCUT2D eigenvalue weighted by molar-refractivity contribution is -0.173. The highest BCUT2D eigenvalue weighted by atomic mass is 16.6. The second-order valence-electron chi connectivity index (χ2n) is 15.6. The summed E-state index contributed by atoms with van der Waals surface area (Å²) < 4.78 is 11.5. The highest BCUT2D eigenvalue weighted by molar-refractivity contribution is 5.99. The van der Waals surface area contributed by atoms with E-state index in [-0.39, 0.29) is 26.1 Å². The van der Waals surface area contributed by atoms with Gasteiger partial charge < -0.3 is 61.3 Å². The highest BCUT2D eigenvalue weighted by Gasteiger charge is 2.45. The fourth-order valence-corrected chi connectivity index (χ4v) is 7.35. The number of amides is 6. The van der Waals surface area contributed by atoms with Gasteiger partial charge in [0.15, 0.2) is 12.0 Å². The molecule has 9 N–H and O–H groups in total. The topological polar surface area (TPSA) is 290 Å². The predicted octanol–water partition coefficient (Wildman–Crippen LogP) is 0.0418. The third-order valence-electron chi connectivity index (χ3n) is 10.8. The number of carbonyl (C=O) groups is 6. The molecule has 9 atom stereocenters. The zero-order valence-electron chi connectivity index (χ0n) is 34.7. The fraction of sp³-hybridized carbons (Fsp3) is 0.463. The van der Waals surface area contributed by atoms with Crippen LogP contribution in [0.3, 0.4) is 0 Å². The maximum Gasteiger partial charge on any atom is 0.410 e. The number of nitrogens with zero attached hydrogens (tertiary/aromatic N) is 4. The molecule has 5 heterocycles. The first kappa shape index (κ1) is 45.1. The van der Waals surface area contributed by atoms with E-state index in [2.05, 4.69) is 48.1 Å². The van der Waals surface area contributed by atoms with Crippen molar-refractivity contribution in [1.29, 1.82) is 0 Å². The summed E-state index contributed by atoms with van der Waals surface area (Å²) in [5, 5.41) is 45.5. The lowest BCUT2D eigenvalue weighted by Crippen LogP contribution is -2.65. The number of ether oxygens (including phenoxy) is 2. The Morgan fingerprint density at radius 2 is 1.81 bits per heavy atom. The molecule has 21 heteroatoms. The summed E-state index contributed by atoms with van der Waals surface area (Å²) in [5.74, 6) is -2.39. The van der Waals surface area contributed by atoms with Crippen molar-refractivity contribution in [3.63, 3.8) is 0 Å². The maximum atomic E-state index is 13.5. The number of aromatic nitrogens is 3.